The van der Waals surface area contributed by atoms with E-state index in [1.54, 1.807) is 0 Å². The van der Waals surface area contributed by atoms with Gasteiger partial charge in [-0.3, -0.25) is 0 Å². The van der Waals surface area contributed by atoms with Crippen LogP contribution in [0.3, 0.4) is 0 Å². The Labute approximate surface area is 89.2 Å². The quantitative estimate of drug-likeness (QED) is 0.815. The van der Waals surface area contributed by atoms with Gasteiger partial charge in [0, 0.05) is 12.5 Å². The molecule has 0 bridgehead atoms. The van der Waals surface area contributed by atoms with Crippen LogP contribution in [0, 0.1) is 0 Å². The highest BCUT2D eigenvalue weighted by molar-refractivity contribution is 4.98. The maximum atomic E-state index is 5.35. The summed E-state index contributed by atoms with van der Waals surface area (Å²) in [6, 6.07) is 0.0836. The number of nitrogens with zero attached hydrogens (tertiary/aromatic N) is 2. The second-order valence-corrected chi connectivity index (χ2v) is 3.88. The Morgan fingerprint density at radius 3 is 3.13 bits per heavy atom. The normalized spacial score (nSPS) is 24.0. The number of aromatic nitrogens is 2. The second-order valence-electron chi connectivity index (χ2n) is 3.88. The summed E-state index contributed by atoms with van der Waals surface area (Å²) >= 11 is 0. The fraction of sp³-hybridized carbons (Fsp3) is 0.800. The van der Waals surface area contributed by atoms with Gasteiger partial charge in [-0.15, -0.1) is 0 Å². The van der Waals surface area contributed by atoms with Crippen molar-refractivity contribution in [2.75, 3.05) is 19.8 Å². The van der Waals surface area contributed by atoms with Gasteiger partial charge in [-0.25, -0.2) is 0 Å². The summed E-state index contributed by atoms with van der Waals surface area (Å²) in [5.74, 6) is 1.76. The first-order valence-corrected chi connectivity index (χ1v) is 5.46. The van der Waals surface area contributed by atoms with Crippen LogP contribution in [0.4, 0.5) is 0 Å². The van der Waals surface area contributed by atoms with Crippen molar-refractivity contribution in [3.05, 3.63) is 11.7 Å². The van der Waals surface area contributed by atoms with Gasteiger partial charge in [0.1, 0.15) is 0 Å². The van der Waals surface area contributed by atoms with E-state index in [0.29, 0.717) is 18.3 Å². The lowest BCUT2D eigenvalue weighted by molar-refractivity contribution is 0.0734. The first kappa shape index (κ1) is 10.6. The van der Waals surface area contributed by atoms with Gasteiger partial charge < -0.3 is 14.6 Å². The highest BCUT2D eigenvalue weighted by Gasteiger charge is 2.22. The Balaban J connectivity index is 2.05. The molecule has 1 N–H and O–H groups in total. The predicted molar refractivity (Wildman–Crippen MR) is 54.6 cm³/mol. The number of hydrogen-bond acceptors (Lipinski definition) is 5. The van der Waals surface area contributed by atoms with Crippen LogP contribution in [0.1, 0.15) is 43.9 Å². The molecule has 0 spiro atoms. The average molecular weight is 211 g/mol. The minimum absolute atomic E-state index is 0.0836. The van der Waals surface area contributed by atoms with E-state index >= 15 is 0 Å². The number of ether oxygens (including phenoxy) is 1. The third-order valence-corrected chi connectivity index (χ3v) is 2.72. The van der Waals surface area contributed by atoms with Crippen molar-refractivity contribution in [1.82, 2.24) is 15.5 Å². The topological polar surface area (TPSA) is 60.2 Å². The second kappa shape index (κ2) is 4.72. The maximum absolute atomic E-state index is 5.35. The maximum Gasteiger partial charge on any atom is 0.229 e. The fourth-order valence-corrected chi connectivity index (χ4v) is 1.49. The lowest BCUT2D eigenvalue weighted by atomic mass is 10.1. The van der Waals surface area contributed by atoms with Crippen LogP contribution in [0.2, 0.25) is 0 Å². The van der Waals surface area contributed by atoms with Crippen molar-refractivity contribution >= 4 is 0 Å². The van der Waals surface area contributed by atoms with Crippen LogP contribution < -0.4 is 5.32 Å². The molecule has 84 valence electrons. The first-order valence-electron chi connectivity index (χ1n) is 5.46. The van der Waals surface area contributed by atoms with E-state index in [2.05, 4.69) is 29.3 Å². The molecule has 0 saturated carbocycles. The molecular weight excluding hydrogens is 194 g/mol. The molecular formula is C10H17N3O2. The zero-order valence-electron chi connectivity index (χ0n) is 9.19. The van der Waals surface area contributed by atoms with Crippen molar-refractivity contribution in [3.8, 4) is 0 Å². The summed E-state index contributed by atoms with van der Waals surface area (Å²) in [6.45, 7) is 6.42. The first-order chi connectivity index (χ1) is 7.31. The standard InChI is InChI=1S/C10H17N3O2/c1-3-7(2)10-12-9(13-15-10)8-6-14-5-4-11-8/h7-8,11H,3-6H2,1-2H3. The molecule has 1 fully saturated rings. The van der Waals surface area contributed by atoms with Crippen molar-refractivity contribution in [3.63, 3.8) is 0 Å². The minimum Gasteiger partial charge on any atom is -0.378 e. The average Bonchev–Trinajstić information content (AvgIpc) is 2.78. The van der Waals surface area contributed by atoms with Crippen LogP contribution in [0.25, 0.3) is 0 Å². The Morgan fingerprint density at radius 1 is 1.60 bits per heavy atom. The van der Waals surface area contributed by atoms with Crippen LogP contribution >= 0.6 is 0 Å². The Kier molecular flexibility index (Phi) is 3.33. The summed E-state index contributed by atoms with van der Waals surface area (Å²) in [5.41, 5.74) is 0. The van der Waals surface area contributed by atoms with Gasteiger partial charge in [0.15, 0.2) is 5.82 Å². The van der Waals surface area contributed by atoms with E-state index < -0.39 is 0 Å². The molecule has 0 amide bonds. The predicted octanol–water partition coefficient (Wildman–Crippen LogP) is 1.24. The van der Waals surface area contributed by atoms with Gasteiger partial charge in [0.05, 0.1) is 19.3 Å². The number of nitrogens with one attached hydrogen (secondary N) is 1. The van der Waals surface area contributed by atoms with Crippen molar-refractivity contribution in [2.24, 2.45) is 0 Å². The van der Waals surface area contributed by atoms with Crippen LogP contribution in [-0.4, -0.2) is 29.9 Å². The summed E-state index contributed by atoms with van der Waals surface area (Å²) in [5, 5.41) is 7.28. The third kappa shape index (κ3) is 2.35. The number of hydrogen-bond donors (Lipinski definition) is 1. The van der Waals surface area contributed by atoms with Gasteiger partial charge >= 0.3 is 0 Å². The lowest BCUT2D eigenvalue weighted by Gasteiger charge is -2.20. The van der Waals surface area contributed by atoms with Gasteiger partial charge in [0.25, 0.3) is 0 Å². The lowest BCUT2D eigenvalue weighted by Crippen LogP contribution is -2.35. The fourth-order valence-electron chi connectivity index (χ4n) is 1.49. The van der Waals surface area contributed by atoms with Gasteiger partial charge in [-0.2, -0.15) is 4.98 Å². The van der Waals surface area contributed by atoms with Crippen LogP contribution in [-0.2, 0) is 4.74 Å². The molecule has 0 aliphatic carbocycles. The Morgan fingerprint density at radius 2 is 2.47 bits per heavy atom. The molecule has 1 saturated heterocycles. The molecule has 1 aliphatic heterocycles. The molecule has 1 aromatic rings. The number of rotatable bonds is 3. The van der Waals surface area contributed by atoms with E-state index in [1.165, 1.54) is 0 Å². The molecule has 1 aliphatic rings. The van der Waals surface area contributed by atoms with E-state index in [1.807, 2.05) is 0 Å². The molecule has 0 aromatic carbocycles. The molecule has 2 unspecified atom stereocenters. The van der Waals surface area contributed by atoms with E-state index in [9.17, 15) is 0 Å². The van der Waals surface area contributed by atoms with E-state index in [-0.39, 0.29) is 6.04 Å². The van der Waals surface area contributed by atoms with Crippen molar-refractivity contribution in [2.45, 2.75) is 32.2 Å². The molecule has 0 radical (unpaired) electrons. The summed E-state index contributed by atoms with van der Waals surface area (Å²) in [4.78, 5) is 4.38. The molecule has 15 heavy (non-hydrogen) atoms. The minimum atomic E-state index is 0.0836. The largest absolute Gasteiger partial charge is 0.378 e. The molecule has 5 nitrogen and oxygen atoms in total. The smallest absolute Gasteiger partial charge is 0.229 e. The summed E-state index contributed by atoms with van der Waals surface area (Å²) in [6.07, 6.45) is 1.01. The SMILES string of the molecule is CCC(C)c1nc(C2COCCN2)no1. The monoisotopic (exact) mass is 211 g/mol. The molecule has 1 aromatic heterocycles. The van der Waals surface area contributed by atoms with E-state index in [4.69, 9.17) is 9.26 Å². The van der Waals surface area contributed by atoms with Crippen LogP contribution in [0.15, 0.2) is 4.52 Å². The van der Waals surface area contributed by atoms with Gasteiger partial charge in [0.2, 0.25) is 5.89 Å². The van der Waals surface area contributed by atoms with Crippen LogP contribution in [0.5, 0.6) is 0 Å². The van der Waals surface area contributed by atoms with Gasteiger partial charge in [-0.1, -0.05) is 19.0 Å². The Hall–Kier alpha value is -0.940. The highest BCUT2D eigenvalue weighted by Crippen LogP contribution is 2.19. The molecule has 2 heterocycles. The zero-order valence-corrected chi connectivity index (χ0v) is 9.19. The Bertz CT molecular complexity index is 307. The molecule has 2 atom stereocenters. The number of morpholine rings is 1. The summed E-state index contributed by atoms with van der Waals surface area (Å²) in [7, 11) is 0. The third-order valence-electron chi connectivity index (χ3n) is 2.72. The molecule has 5 heteroatoms. The van der Waals surface area contributed by atoms with Crippen molar-refractivity contribution < 1.29 is 9.26 Å². The zero-order chi connectivity index (χ0) is 10.7. The van der Waals surface area contributed by atoms with Crippen molar-refractivity contribution in [1.29, 1.82) is 0 Å². The van der Waals surface area contributed by atoms with E-state index in [0.717, 1.165) is 25.5 Å². The summed E-state index contributed by atoms with van der Waals surface area (Å²) < 4.78 is 10.6. The molecule has 2 rings (SSSR count). The van der Waals surface area contributed by atoms with Gasteiger partial charge in [-0.05, 0) is 6.42 Å². The highest BCUT2D eigenvalue weighted by atomic mass is 16.5.